The molecule has 1 aliphatic rings. The van der Waals surface area contributed by atoms with Gasteiger partial charge in [0.15, 0.2) is 5.82 Å². The Morgan fingerprint density at radius 3 is 2.89 bits per heavy atom. The Kier molecular flexibility index (Phi) is 3.55. The van der Waals surface area contributed by atoms with Gasteiger partial charge in [-0.25, -0.2) is 4.39 Å². The van der Waals surface area contributed by atoms with Crippen LogP contribution >= 0.6 is 0 Å². The molecule has 1 unspecified atom stereocenters. The molecular formula is C14H16FN3O. The third-order valence-electron chi connectivity index (χ3n) is 3.41. The summed E-state index contributed by atoms with van der Waals surface area (Å²) in [6.45, 7) is 1.96. The molecule has 5 heteroatoms. The summed E-state index contributed by atoms with van der Waals surface area (Å²) >= 11 is 0. The van der Waals surface area contributed by atoms with Crippen molar-refractivity contribution in [1.29, 1.82) is 0 Å². The topological polar surface area (TPSA) is 51.0 Å². The highest BCUT2D eigenvalue weighted by Crippen LogP contribution is 2.21. The lowest BCUT2D eigenvalue weighted by Crippen LogP contribution is -2.28. The summed E-state index contributed by atoms with van der Waals surface area (Å²) in [5, 5.41) is 7.33. The summed E-state index contributed by atoms with van der Waals surface area (Å²) < 4.78 is 18.1. The van der Waals surface area contributed by atoms with Gasteiger partial charge in [-0.05, 0) is 37.1 Å². The van der Waals surface area contributed by atoms with E-state index in [1.165, 1.54) is 12.1 Å². The van der Waals surface area contributed by atoms with Crippen molar-refractivity contribution >= 4 is 0 Å². The molecule has 1 N–H and O–H groups in total. The SMILES string of the molecule is Fc1ccc(Cc2noc(C3CCCNC3)n2)cc1. The molecule has 1 fully saturated rings. The molecule has 2 aromatic rings. The summed E-state index contributed by atoms with van der Waals surface area (Å²) in [6, 6.07) is 6.38. The van der Waals surface area contributed by atoms with Gasteiger partial charge in [0, 0.05) is 13.0 Å². The highest BCUT2D eigenvalue weighted by atomic mass is 19.1. The summed E-state index contributed by atoms with van der Waals surface area (Å²) in [7, 11) is 0. The first-order valence-electron chi connectivity index (χ1n) is 6.59. The smallest absolute Gasteiger partial charge is 0.231 e. The van der Waals surface area contributed by atoms with Crippen LogP contribution in [0.3, 0.4) is 0 Å². The van der Waals surface area contributed by atoms with Gasteiger partial charge in [-0.1, -0.05) is 17.3 Å². The summed E-state index contributed by atoms with van der Waals surface area (Å²) in [6.07, 6.45) is 2.80. The van der Waals surface area contributed by atoms with Crippen LogP contribution in [0.5, 0.6) is 0 Å². The Hall–Kier alpha value is -1.75. The number of hydrogen-bond acceptors (Lipinski definition) is 4. The Labute approximate surface area is 111 Å². The zero-order valence-corrected chi connectivity index (χ0v) is 10.6. The normalized spacial score (nSPS) is 19.5. The molecule has 0 aliphatic carbocycles. The van der Waals surface area contributed by atoms with Crippen LogP contribution in [0.25, 0.3) is 0 Å². The maximum absolute atomic E-state index is 12.8. The minimum absolute atomic E-state index is 0.231. The van der Waals surface area contributed by atoms with E-state index < -0.39 is 0 Å². The van der Waals surface area contributed by atoms with Crippen molar-refractivity contribution in [2.45, 2.75) is 25.2 Å². The molecule has 4 nitrogen and oxygen atoms in total. The van der Waals surface area contributed by atoms with Gasteiger partial charge < -0.3 is 9.84 Å². The van der Waals surface area contributed by atoms with Crippen LogP contribution in [0.4, 0.5) is 4.39 Å². The van der Waals surface area contributed by atoms with E-state index in [-0.39, 0.29) is 5.82 Å². The Balaban J connectivity index is 1.68. The van der Waals surface area contributed by atoms with Crippen LogP contribution < -0.4 is 5.32 Å². The van der Waals surface area contributed by atoms with Gasteiger partial charge in [0.25, 0.3) is 0 Å². The molecule has 1 saturated heterocycles. The fourth-order valence-corrected chi connectivity index (χ4v) is 2.35. The predicted molar refractivity (Wildman–Crippen MR) is 68.3 cm³/mol. The lowest BCUT2D eigenvalue weighted by atomic mass is 10.00. The molecule has 0 spiro atoms. The second kappa shape index (κ2) is 5.48. The highest BCUT2D eigenvalue weighted by molar-refractivity contribution is 5.19. The van der Waals surface area contributed by atoms with Crippen molar-refractivity contribution in [2.75, 3.05) is 13.1 Å². The highest BCUT2D eigenvalue weighted by Gasteiger charge is 2.21. The largest absolute Gasteiger partial charge is 0.339 e. The van der Waals surface area contributed by atoms with Gasteiger partial charge in [-0.3, -0.25) is 0 Å². The van der Waals surface area contributed by atoms with Gasteiger partial charge in [0.2, 0.25) is 5.89 Å². The van der Waals surface area contributed by atoms with E-state index in [1.807, 2.05) is 0 Å². The number of nitrogens with one attached hydrogen (secondary N) is 1. The Bertz CT molecular complexity index is 532. The van der Waals surface area contributed by atoms with E-state index in [4.69, 9.17) is 4.52 Å². The Morgan fingerprint density at radius 1 is 1.32 bits per heavy atom. The van der Waals surface area contributed by atoms with E-state index in [0.29, 0.717) is 24.1 Å². The zero-order valence-electron chi connectivity index (χ0n) is 10.6. The van der Waals surface area contributed by atoms with E-state index >= 15 is 0 Å². The van der Waals surface area contributed by atoms with E-state index in [2.05, 4.69) is 15.5 Å². The molecular weight excluding hydrogens is 245 g/mol. The maximum atomic E-state index is 12.8. The summed E-state index contributed by atoms with van der Waals surface area (Å²) in [5.41, 5.74) is 0.982. The van der Waals surface area contributed by atoms with Crippen molar-refractivity contribution in [1.82, 2.24) is 15.5 Å². The van der Waals surface area contributed by atoms with E-state index in [9.17, 15) is 4.39 Å². The van der Waals surface area contributed by atoms with E-state index in [0.717, 1.165) is 31.5 Å². The summed E-state index contributed by atoms with van der Waals surface area (Å²) in [5.74, 6) is 1.46. The van der Waals surface area contributed by atoms with Crippen LogP contribution in [0.1, 0.15) is 36.0 Å². The van der Waals surface area contributed by atoms with E-state index in [1.54, 1.807) is 12.1 Å². The van der Waals surface area contributed by atoms with Crippen LogP contribution in [0, 0.1) is 5.82 Å². The molecule has 0 saturated carbocycles. The van der Waals surface area contributed by atoms with Crippen molar-refractivity contribution in [3.8, 4) is 0 Å². The molecule has 100 valence electrons. The third-order valence-corrected chi connectivity index (χ3v) is 3.41. The molecule has 0 amide bonds. The predicted octanol–water partition coefficient (Wildman–Crippen LogP) is 2.27. The van der Waals surface area contributed by atoms with Gasteiger partial charge in [-0.2, -0.15) is 4.98 Å². The number of nitrogens with zero attached hydrogens (tertiary/aromatic N) is 2. The molecule has 1 aliphatic heterocycles. The number of piperidine rings is 1. The van der Waals surface area contributed by atoms with Crippen molar-refractivity contribution in [3.63, 3.8) is 0 Å². The van der Waals surface area contributed by atoms with Crippen LogP contribution in [0.15, 0.2) is 28.8 Å². The number of benzene rings is 1. The number of halogens is 1. The molecule has 1 aromatic heterocycles. The van der Waals surface area contributed by atoms with Crippen LogP contribution in [0.2, 0.25) is 0 Å². The van der Waals surface area contributed by atoms with Gasteiger partial charge >= 0.3 is 0 Å². The fraction of sp³-hybridized carbons (Fsp3) is 0.429. The van der Waals surface area contributed by atoms with Gasteiger partial charge in [-0.15, -0.1) is 0 Å². The average Bonchev–Trinajstić information content (AvgIpc) is 2.91. The quantitative estimate of drug-likeness (QED) is 0.920. The molecule has 2 heterocycles. The standard InChI is InChI=1S/C14H16FN3O/c15-12-5-3-10(4-6-12)8-13-17-14(19-18-13)11-2-1-7-16-9-11/h3-6,11,16H,1-2,7-9H2. The molecule has 3 rings (SSSR count). The van der Waals surface area contributed by atoms with Crippen molar-refractivity contribution in [2.24, 2.45) is 0 Å². The minimum Gasteiger partial charge on any atom is -0.339 e. The lowest BCUT2D eigenvalue weighted by molar-refractivity contribution is 0.320. The monoisotopic (exact) mass is 261 g/mol. The van der Waals surface area contributed by atoms with Crippen LogP contribution in [-0.4, -0.2) is 23.2 Å². The van der Waals surface area contributed by atoms with Crippen molar-refractivity contribution < 1.29 is 8.91 Å². The van der Waals surface area contributed by atoms with Gasteiger partial charge in [0.05, 0.1) is 5.92 Å². The fourth-order valence-electron chi connectivity index (χ4n) is 2.35. The lowest BCUT2D eigenvalue weighted by Gasteiger charge is -2.18. The second-order valence-electron chi connectivity index (χ2n) is 4.90. The molecule has 0 radical (unpaired) electrons. The summed E-state index contributed by atoms with van der Waals surface area (Å²) in [4.78, 5) is 4.44. The number of rotatable bonds is 3. The van der Waals surface area contributed by atoms with Crippen LogP contribution in [-0.2, 0) is 6.42 Å². The first-order chi connectivity index (χ1) is 9.31. The zero-order chi connectivity index (χ0) is 13.1. The molecule has 1 atom stereocenters. The minimum atomic E-state index is -0.231. The maximum Gasteiger partial charge on any atom is 0.231 e. The first-order valence-corrected chi connectivity index (χ1v) is 6.59. The van der Waals surface area contributed by atoms with Gasteiger partial charge in [0.1, 0.15) is 5.82 Å². The third kappa shape index (κ3) is 2.98. The Morgan fingerprint density at radius 2 is 2.16 bits per heavy atom. The molecule has 19 heavy (non-hydrogen) atoms. The first kappa shape index (κ1) is 12.3. The number of hydrogen-bond donors (Lipinski definition) is 1. The average molecular weight is 261 g/mol. The second-order valence-corrected chi connectivity index (χ2v) is 4.90. The number of aromatic nitrogens is 2. The molecule has 1 aromatic carbocycles. The molecule has 0 bridgehead atoms. The van der Waals surface area contributed by atoms with Crippen molar-refractivity contribution in [3.05, 3.63) is 47.4 Å².